The number of hydrogen-bond acceptors (Lipinski definition) is 4. The van der Waals surface area contributed by atoms with Gasteiger partial charge in [-0.2, -0.15) is 0 Å². The number of para-hydroxylation sites is 1. The van der Waals surface area contributed by atoms with Gasteiger partial charge in [-0.3, -0.25) is 4.90 Å². The van der Waals surface area contributed by atoms with Crippen LogP contribution in [0.4, 0.5) is 4.79 Å². The summed E-state index contributed by atoms with van der Waals surface area (Å²) in [5, 5.41) is 0. The minimum absolute atomic E-state index is 0.293. The second-order valence-electron chi connectivity index (χ2n) is 7.15. The van der Waals surface area contributed by atoms with Crippen LogP contribution in [0.15, 0.2) is 24.3 Å². The lowest BCUT2D eigenvalue weighted by Gasteiger charge is -2.38. The van der Waals surface area contributed by atoms with Crippen molar-refractivity contribution in [3.05, 3.63) is 29.8 Å². The number of nitrogens with two attached hydrogens (primary N) is 1. The van der Waals surface area contributed by atoms with Gasteiger partial charge in [-0.05, 0) is 57.6 Å². The third-order valence-electron chi connectivity index (χ3n) is 4.08. The monoisotopic (exact) mass is 320 g/mol. The molecule has 0 radical (unpaired) electrons. The number of carbonyl (C=O) groups excluding carboxylic acids is 1. The van der Waals surface area contributed by atoms with Crippen LogP contribution in [0.1, 0.15) is 39.2 Å². The molecule has 1 aromatic rings. The summed E-state index contributed by atoms with van der Waals surface area (Å²) in [5.74, 6) is 1.36. The lowest BCUT2D eigenvalue weighted by Crippen LogP contribution is -2.52. The van der Waals surface area contributed by atoms with Crippen molar-refractivity contribution in [2.75, 3.05) is 13.7 Å². The standard InChI is InChI=1S/C18H28N2O3/c1-18(2,3)23-17(21)20-10-9-13(12-16(20)19)11-14-7-5-6-8-15(14)22-4/h5-8,13,16H,9-12,19H2,1-4H3. The molecule has 2 rings (SSSR count). The van der Waals surface area contributed by atoms with Gasteiger partial charge in [0, 0.05) is 6.54 Å². The second kappa shape index (κ2) is 7.21. The number of hydrogen-bond donors (Lipinski definition) is 1. The summed E-state index contributed by atoms with van der Waals surface area (Å²) in [6.45, 7) is 6.23. The highest BCUT2D eigenvalue weighted by molar-refractivity contribution is 5.68. The van der Waals surface area contributed by atoms with E-state index in [1.807, 2.05) is 39.0 Å². The van der Waals surface area contributed by atoms with Crippen molar-refractivity contribution in [1.82, 2.24) is 4.90 Å². The third-order valence-corrected chi connectivity index (χ3v) is 4.08. The van der Waals surface area contributed by atoms with E-state index in [2.05, 4.69) is 6.07 Å². The summed E-state index contributed by atoms with van der Waals surface area (Å²) in [7, 11) is 1.69. The van der Waals surface area contributed by atoms with E-state index in [1.54, 1.807) is 12.0 Å². The molecule has 1 heterocycles. The average Bonchev–Trinajstić information content (AvgIpc) is 2.46. The average molecular weight is 320 g/mol. The quantitative estimate of drug-likeness (QED) is 0.929. The Labute approximate surface area is 138 Å². The molecule has 0 bridgehead atoms. The number of piperidine rings is 1. The minimum Gasteiger partial charge on any atom is -0.496 e. The lowest BCUT2D eigenvalue weighted by atomic mass is 9.88. The zero-order valence-corrected chi connectivity index (χ0v) is 14.5. The highest BCUT2D eigenvalue weighted by atomic mass is 16.6. The Bertz CT molecular complexity index is 539. The highest BCUT2D eigenvalue weighted by Crippen LogP contribution is 2.28. The Balaban J connectivity index is 1.95. The number of carbonyl (C=O) groups is 1. The van der Waals surface area contributed by atoms with Gasteiger partial charge < -0.3 is 15.2 Å². The van der Waals surface area contributed by atoms with Crippen molar-refractivity contribution < 1.29 is 14.3 Å². The van der Waals surface area contributed by atoms with Gasteiger partial charge >= 0.3 is 6.09 Å². The van der Waals surface area contributed by atoms with Crippen molar-refractivity contribution in [2.24, 2.45) is 11.7 Å². The largest absolute Gasteiger partial charge is 0.496 e. The molecule has 0 aliphatic carbocycles. The number of methoxy groups -OCH3 is 1. The Morgan fingerprint density at radius 3 is 2.65 bits per heavy atom. The molecule has 1 fully saturated rings. The minimum atomic E-state index is -0.495. The maximum absolute atomic E-state index is 12.2. The maximum atomic E-state index is 12.2. The molecule has 0 spiro atoms. The van der Waals surface area contributed by atoms with E-state index in [1.165, 1.54) is 5.56 Å². The molecule has 2 unspecified atom stereocenters. The van der Waals surface area contributed by atoms with Crippen LogP contribution in [0, 0.1) is 5.92 Å². The first-order chi connectivity index (χ1) is 10.8. The normalized spacial score (nSPS) is 21.9. The van der Waals surface area contributed by atoms with Gasteiger partial charge in [0.25, 0.3) is 0 Å². The fraction of sp³-hybridized carbons (Fsp3) is 0.611. The zero-order valence-electron chi connectivity index (χ0n) is 14.5. The first kappa shape index (κ1) is 17.6. The molecule has 1 amide bonds. The number of ether oxygens (including phenoxy) is 2. The van der Waals surface area contributed by atoms with E-state index in [4.69, 9.17) is 15.2 Å². The molecule has 23 heavy (non-hydrogen) atoms. The van der Waals surface area contributed by atoms with Gasteiger partial charge in [-0.1, -0.05) is 18.2 Å². The van der Waals surface area contributed by atoms with Gasteiger partial charge in [-0.25, -0.2) is 4.79 Å². The van der Waals surface area contributed by atoms with Crippen molar-refractivity contribution in [3.8, 4) is 5.75 Å². The zero-order chi connectivity index (χ0) is 17.0. The molecular weight excluding hydrogens is 292 g/mol. The van der Waals surface area contributed by atoms with Crippen LogP contribution in [0.5, 0.6) is 5.75 Å². The van der Waals surface area contributed by atoms with Crippen molar-refractivity contribution in [3.63, 3.8) is 0 Å². The predicted octanol–water partition coefficient (Wildman–Crippen LogP) is 3.17. The molecule has 5 nitrogen and oxygen atoms in total. The number of nitrogens with zero attached hydrogens (tertiary/aromatic N) is 1. The van der Waals surface area contributed by atoms with Crippen molar-refractivity contribution in [1.29, 1.82) is 0 Å². The van der Waals surface area contributed by atoms with Gasteiger partial charge in [0.1, 0.15) is 11.4 Å². The summed E-state index contributed by atoms with van der Waals surface area (Å²) >= 11 is 0. The number of likely N-dealkylation sites (tertiary alicyclic amines) is 1. The Morgan fingerprint density at radius 1 is 1.35 bits per heavy atom. The fourth-order valence-electron chi connectivity index (χ4n) is 2.99. The van der Waals surface area contributed by atoms with Crippen molar-refractivity contribution in [2.45, 2.75) is 51.8 Å². The predicted molar refractivity (Wildman–Crippen MR) is 90.3 cm³/mol. The van der Waals surface area contributed by atoms with E-state index in [9.17, 15) is 4.79 Å². The lowest BCUT2D eigenvalue weighted by molar-refractivity contribution is 0.00553. The summed E-state index contributed by atoms with van der Waals surface area (Å²) in [4.78, 5) is 13.8. The van der Waals surface area contributed by atoms with Crippen LogP contribution in [0.25, 0.3) is 0 Å². The van der Waals surface area contributed by atoms with Crippen LogP contribution < -0.4 is 10.5 Å². The molecule has 1 saturated heterocycles. The summed E-state index contributed by atoms with van der Waals surface area (Å²) < 4.78 is 10.8. The second-order valence-corrected chi connectivity index (χ2v) is 7.15. The highest BCUT2D eigenvalue weighted by Gasteiger charge is 2.32. The van der Waals surface area contributed by atoms with Crippen LogP contribution in [-0.4, -0.2) is 36.4 Å². The van der Waals surface area contributed by atoms with Crippen LogP contribution in [-0.2, 0) is 11.2 Å². The first-order valence-electron chi connectivity index (χ1n) is 8.17. The third kappa shape index (κ3) is 4.86. The molecule has 0 saturated carbocycles. The molecule has 0 aromatic heterocycles. The van der Waals surface area contributed by atoms with Gasteiger partial charge in [0.15, 0.2) is 0 Å². The fourth-order valence-corrected chi connectivity index (χ4v) is 2.99. The number of rotatable bonds is 3. The Kier molecular flexibility index (Phi) is 5.52. The number of amides is 1. The van der Waals surface area contributed by atoms with Crippen LogP contribution in [0.2, 0.25) is 0 Å². The molecular formula is C18H28N2O3. The van der Waals surface area contributed by atoms with Gasteiger partial charge in [-0.15, -0.1) is 0 Å². The summed E-state index contributed by atoms with van der Waals surface area (Å²) in [5.41, 5.74) is 6.90. The van der Waals surface area contributed by atoms with E-state index in [0.717, 1.165) is 25.0 Å². The summed E-state index contributed by atoms with van der Waals surface area (Å²) in [6.07, 6.45) is 2.00. The van der Waals surface area contributed by atoms with Crippen LogP contribution >= 0.6 is 0 Å². The molecule has 5 heteroatoms. The van der Waals surface area contributed by atoms with E-state index < -0.39 is 5.60 Å². The SMILES string of the molecule is COc1ccccc1CC1CCN(C(=O)OC(C)(C)C)C(N)C1. The molecule has 2 N–H and O–H groups in total. The van der Waals surface area contributed by atoms with Crippen molar-refractivity contribution >= 4 is 6.09 Å². The van der Waals surface area contributed by atoms with Gasteiger partial charge in [0.05, 0.1) is 13.3 Å². The smallest absolute Gasteiger partial charge is 0.411 e. The topological polar surface area (TPSA) is 64.8 Å². The maximum Gasteiger partial charge on any atom is 0.411 e. The van der Waals surface area contributed by atoms with E-state index >= 15 is 0 Å². The molecule has 2 atom stereocenters. The van der Waals surface area contributed by atoms with E-state index in [0.29, 0.717) is 12.5 Å². The Morgan fingerprint density at radius 2 is 2.04 bits per heavy atom. The summed E-state index contributed by atoms with van der Waals surface area (Å²) in [6, 6.07) is 8.06. The molecule has 1 aliphatic rings. The van der Waals surface area contributed by atoms with Gasteiger partial charge in [0.2, 0.25) is 0 Å². The number of benzene rings is 1. The molecule has 1 aliphatic heterocycles. The van der Waals surface area contributed by atoms with Crippen LogP contribution in [0.3, 0.4) is 0 Å². The Hall–Kier alpha value is -1.75. The molecule has 1 aromatic carbocycles. The first-order valence-corrected chi connectivity index (χ1v) is 8.17. The molecule has 128 valence electrons. The van der Waals surface area contributed by atoms with E-state index in [-0.39, 0.29) is 12.3 Å².